The van der Waals surface area contributed by atoms with Crippen molar-refractivity contribution in [1.29, 1.82) is 0 Å². The van der Waals surface area contributed by atoms with Gasteiger partial charge in [0.05, 0.1) is 0 Å². The molecule has 5 heteroatoms. The maximum atomic E-state index is 11.9. The molecule has 18 heavy (non-hydrogen) atoms. The van der Waals surface area contributed by atoms with Crippen LogP contribution in [0.5, 0.6) is 5.75 Å². The fourth-order valence-electron chi connectivity index (χ4n) is 1.46. The summed E-state index contributed by atoms with van der Waals surface area (Å²) in [7, 11) is 0. The Labute approximate surface area is 113 Å². The van der Waals surface area contributed by atoms with Crippen LogP contribution in [-0.4, -0.2) is 16.0 Å². The number of phenolic OH excluding ortho intramolecular Hbond substituents is 1. The summed E-state index contributed by atoms with van der Waals surface area (Å²) < 4.78 is 0.608. The number of aryl methyl sites for hydroxylation is 1. The highest BCUT2D eigenvalue weighted by Gasteiger charge is 2.08. The Morgan fingerprint density at radius 1 is 1.33 bits per heavy atom. The van der Waals surface area contributed by atoms with Crippen molar-refractivity contribution in [2.24, 2.45) is 0 Å². The van der Waals surface area contributed by atoms with Gasteiger partial charge in [0.25, 0.3) is 5.91 Å². The SMILES string of the molecule is Cc1cc(NC(=O)c2cccc(Br)n2)ccc1O. The second-order valence-corrected chi connectivity index (χ2v) is 4.61. The Morgan fingerprint density at radius 3 is 2.78 bits per heavy atom. The van der Waals surface area contributed by atoms with Gasteiger partial charge in [0, 0.05) is 5.69 Å². The minimum absolute atomic E-state index is 0.202. The molecule has 2 aromatic rings. The fraction of sp³-hybridized carbons (Fsp3) is 0.0769. The number of rotatable bonds is 2. The van der Waals surface area contributed by atoms with Crippen molar-refractivity contribution in [1.82, 2.24) is 4.98 Å². The lowest BCUT2D eigenvalue weighted by Gasteiger charge is -2.06. The van der Waals surface area contributed by atoms with E-state index < -0.39 is 0 Å². The zero-order chi connectivity index (χ0) is 13.1. The number of carbonyl (C=O) groups is 1. The maximum Gasteiger partial charge on any atom is 0.274 e. The second kappa shape index (κ2) is 5.18. The molecule has 4 nitrogen and oxygen atoms in total. The Hall–Kier alpha value is -1.88. The van der Waals surface area contributed by atoms with E-state index in [1.54, 1.807) is 43.3 Å². The van der Waals surface area contributed by atoms with Crippen molar-refractivity contribution < 1.29 is 9.90 Å². The number of phenols is 1. The number of halogens is 1. The highest BCUT2D eigenvalue weighted by molar-refractivity contribution is 9.10. The lowest BCUT2D eigenvalue weighted by molar-refractivity contribution is 0.102. The number of aromatic nitrogens is 1. The molecule has 1 amide bonds. The van der Waals surface area contributed by atoms with Gasteiger partial charge in [-0.05, 0) is 58.7 Å². The van der Waals surface area contributed by atoms with Crippen LogP contribution in [-0.2, 0) is 0 Å². The molecular formula is C13H11BrN2O2. The van der Waals surface area contributed by atoms with Crippen LogP contribution in [0.3, 0.4) is 0 Å². The number of benzene rings is 1. The molecule has 0 saturated carbocycles. The molecule has 92 valence electrons. The number of hydrogen-bond donors (Lipinski definition) is 2. The van der Waals surface area contributed by atoms with Crippen LogP contribution in [0.1, 0.15) is 16.1 Å². The third-order valence-electron chi connectivity index (χ3n) is 2.40. The van der Waals surface area contributed by atoms with Crippen LogP contribution in [0.25, 0.3) is 0 Å². The molecule has 0 aliphatic carbocycles. The first-order valence-electron chi connectivity index (χ1n) is 5.30. The number of pyridine rings is 1. The predicted molar refractivity (Wildman–Crippen MR) is 72.7 cm³/mol. The van der Waals surface area contributed by atoms with E-state index >= 15 is 0 Å². The van der Waals surface area contributed by atoms with Crippen molar-refractivity contribution in [2.45, 2.75) is 6.92 Å². The number of hydrogen-bond acceptors (Lipinski definition) is 3. The van der Waals surface area contributed by atoms with E-state index in [2.05, 4.69) is 26.2 Å². The monoisotopic (exact) mass is 306 g/mol. The van der Waals surface area contributed by atoms with Gasteiger partial charge < -0.3 is 10.4 Å². The van der Waals surface area contributed by atoms with Gasteiger partial charge in [-0.3, -0.25) is 4.79 Å². The van der Waals surface area contributed by atoms with Crippen molar-refractivity contribution in [3.05, 3.63) is 52.3 Å². The summed E-state index contributed by atoms with van der Waals surface area (Å²) in [4.78, 5) is 16.0. The molecule has 0 spiro atoms. The quantitative estimate of drug-likeness (QED) is 0.662. The first-order chi connectivity index (χ1) is 8.56. The number of carbonyl (C=O) groups excluding carboxylic acids is 1. The Kier molecular flexibility index (Phi) is 3.62. The third kappa shape index (κ3) is 2.87. The molecule has 0 fully saturated rings. The molecule has 0 aliphatic rings. The van der Waals surface area contributed by atoms with E-state index in [0.29, 0.717) is 21.5 Å². The van der Waals surface area contributed by atoms with Crippen molar-refractivity contribution in [3.63, 3.8) is 0 Å². The Bertz CT molecular complexity index is 599. The largest absolute Gasteiger partial charge is 0.508 e. The second-order valence-electron chi connectivity index (χ2n) is 3.80. The molecule has 0 bridgehead atoms. The first-order valence-corrected chi connectivity index (χ1v) is 6.09. The first kappa shape index (κ1) is 12.6. The number of anilines is 1. The zero-order valence-electron chi connectivity index (χ0n) is 9.64. The standard InChI is InChI=1S/C13H11BrN2O2/c1-8-7-9(5-6-11(8)17)15-13(18)10-3-2-4-12(14)16-10/h2-7,17H,1H3,(H,15,18). The number of nitrogens with zero attached hydrogens (tertiary/aromatic N) is 1. The summed E-state index contributed by atoms with van der Waals surface area (Å²) in [6, 6.07) is 10.0. The third-order valence-corrected chi connectivity index (χ3v) is 2.84. The van der Waals surface area contributed by atoms with E-state index in [1.807, 2.05) is 0 Å². The van der Waals surface area contributed by atoms with Gasteiger partial charge in [-0.25, -0.2) is 4.98 Å². The average molecular weight is 307 g/mol. The molecule has 2 N–H and O–H groups in total. The number of aromatic hydroxyl groups is 1. The topological polar surface area (TPSA) is 62.2 Å². The lowest BCUT2D eigenvalue weighted by Crippen LogP contribution is -2.13. The highest BCUT2D eigenvalue weighted by Crippen LogP contribution is 2.20. The zero-order valence-corrected chi connectivity index (χ0v) is 11.2. The molecule has 1 aromatic carbocycles. The van der Waals surface area contributed by atoms with Crippen LogP contribution in [0.4, 0.5) is 5.69 Å². The Balaban J connectivity index is 2.18. The van der Waals surface area contributed by atoms with Crippen LogP contribution < -0.4 is 5.32 Å². The summed E-state index contributed by atoms with van der Waals surface area (Å²) in [5.74, 6) is -0.0880. The van der Waals surface area contributed by atoms with Crippen molar-refractivity contribution >= 4 is 27.5 Å². The molecule has 0 atom stereocenters. The van der Waals surface area contributed by atoms with E-state index in [9.17, 15) is 9.90 Å². The molecule has 2 rings (SSSR count). The molecule has 0 unspecified atom stereocenters. The minimum Gasteiger partial charge on any atom is -0.508 e. The van der Waals surface area contributed by atoms with E-state index in [0.717, 1.165) is 0 Å². The van der Waals surface area contributed by atoms with Gasteiger partial charge >= 0.3 is 0 Å². The summed E-state index contributed by atoms with van der Waals surface area (Å²) in [6.45, 7) is 1.77. The van der Waals surface area contributed by atoms with E-state index in [4.69, 9.17) is 0 Å². The van der Waals surface area contributed by atoms with Crippen LogP contribution in [0.15, 0.2) is 41.0 Å². The van der Waals surface area contributed by atoms with Gasteiger partial charge in [-0.1, -0.05) is 6.07 Å². The predicted octanol–water partition coefficient (Wildman–Crippen LogP) is 3.11. The summed E-state index contributed by atoms with van der Waals surface area (Å²) in [5.41, 5.74) is 1.65. The summed E-state index contributed by atoms with van der Waals surface area (Å²) in [6.07, 6.45) is 0. The minimum atomic E-state index is -0.290. The molecule has 0 saturated heterocycles. The summed E-state index contributed by atoms with van der Waals surface area (Å²) >= 11 is 3.21. The van der Waals surface area contributed by atoms with Crippen molar-refractivity contribution in [2.75, 3.05) is 5.32 Å². The molecular weight excluding hydrogens is 296 g/mol. The maximum absolute atomic E-state index is 11.9. The average Bonchev–Trinajstić information content (AvgIpc) is 2.34. The van der Waals surface area contributed by atoms with Gasteiger partial charge in [0.2, 0.25) is 0 Å². The number of amides is 1. The molecule has 0 aliphatic heterocycles. The lowest BCUT2D eigenvalue weighted by atomic mass is 10.2. The van der Waals surface area contributed by atoms with E-state index in [1.165, 1.54) is 0 Å². The van der Waals surface area contributed by atoms with E-state index in [-0.39, 0.29) is 11.7 Å². The van der Waals surface area contributed by atoms with Gasteiger partial charge in [0.1, 0.15) is 16.0 Å². The Morgan fingerprint density at radius 2 is 2.11 bits per heavy atom. The van der Waals surface area contributed by atoms with Crippen LogP contribution >= 0.6 is 15.9 Å². The molecule has 1 aromatic heterocycles. The number of nitrogens with one attached hydrogen (secondary N) is 1. The van der Waals surface area contributed by atoms with Gasteiger partial charge in [-0.15, -0.1) is 0 Å². The molecule has 1 heterocycles. The van der Waals surface area contributed by atoms with Gasteiger partial charge in [0.15, 0.2) is 0 Å². The molecule has 0 radical (unpaired) electrons. The van der Waals surface area contributed by atoms with Crippen LogP contribution in [0, 0.1) is 6.92 Å². The smallest absolute Gasteiger partial charge is 0.274 e. The fourth-order valence-corrected chi connectivity index (χ4v) is 1.81. The summed E-state index contributed by atoms with van der Waals surface area (Å²) in [5, 5.41) is 12.1. The highest BCUT2D eigenvalue weighted by atomic mass is 79.9. The van der Waals surface area contributed by atoms with Crippen molar-refractivity contribution in [3.8, 4) is 5.75 Å². The van der Waals surface area contributed by atoms with Crippen LogP contribution in [0.2, 0.25) is 0 Å². The van der Waals surface area contributed by atoms with Gasteiger partial charge in [-0.2, -0.15) is 0 Å². The normalized spacial score (nSPS) is 10.1.